The second-order valence-corrected chi connectivity index (χ2v) is 22.4. The average molecular weight is 1090 g/mol. The molecule has 0 aromatic rings. The van der Waals surface area contributed by atoms with Gasteiger partial charge in [0.15, 0.2) is 6.10 Å². The van der Waals surface area contributed by atoms with E-state index < -0.39 is 12.1 Å². The van der Waals surface area contributed by atoms with Gasteiger partial charge in [-0.25, -0.2) is 0 Å². The number of hydrogen-bond donors (Lipinski definition) is 0. The second-order valence-electron chi connectivity index (χ2n) is 22.4. The van der Waals surface area contributed by atoms with E-state index in [1.165, 1.54) is 212 Å². The lowest BCUT2D eigenvalue weighted by Gasteiger charge is -2.18. The Morgan fingerprint density at radius 1 is 0.282 bits per heavy atom. The maximum Gasteiger partial charge on any atom is 0.310 e. The van der Waals surface area contributed by atoms with Gasteiger partial charge in [-0.15, -0.1) is 0 Å². The van der Waals surface area contributed by atoms with Crippen LogP contribution in [0.5, 0.6) is 0 Å². The van der Waals surface area contributed by atoms with Gasteiger partial charge in [-0.3, -0.25) is 14.4 Å². The molecule has 1 atom stereocenters. The molecule has 0 spiro atoms. The van der Waals surface area contributed by atoms with Crippen LogP contribution < -0.4 is 0 Å². The van der Waals surface area contributed by atoms with Crippen LogP contribution >= 0.6 is 0 Å². The van der Waals surface area contributed by atoms with E-state index in [2.05, 4.69) is 93.7 Å². The molecule has 78 heavy (non-hydrogen) atoms. The van der Waals surface area contributed by atoms with Crippen molar-refractivity contribution in [3.05, 3.63) is 85.1 Å². The first-order chi connectivity index (χ1) is 38.5. The molecule has 0 fully saturated rings. The van der Waals surface area contributed by atoms with Crippen LogP contribution in [0.1, 0.15) is 335 Å². The number of esters is 3. The van der Waals surface area contributed by atoms with Gasteiger partial charge in [-0.05, 0) is 96.3 Å². The average Bonchev–Trinajstić information content (AvgIpc) is 3.44. The zero-order valence-electron chi connectivity index (χ0n) is 51.7. The van der Waals surface area contributed by atoms with Crippen molar-refractivity contribution in [2.24, 2.45) is 0 Å². The van der Waals surface area contributed by atoms with Crippen LogP contribution in [0.4, 0.5) is 0 Å². The number of allylic oxidation sites excluding steroid dienone is 13. The SMILES string of the molecule is CC/C=C\C/C=C\C/C=C\C/C=C\C/C=C\CC(=O)OC(COC(=O)CCCCCCC/C=C\CCCCCCC)COC(=O)CCCCCCCCCCCCCCCCCCCCC/C=C\CCCCCCCCCC. The largest absolute Gasteiger partial charge is 0.462 e. The van der Waals surface area contributed by atoms with Crippen LogP contribution in [0.3, 0.4) is 0 Å². The normalized spacial score (nSPS) is 12.6. The molecule has 0 radical (unpaired) electrons. The molecule has 6 heteroatoms. The van der Waals surface area contributed by atoms with E-state index in [9.17, 15) is 14.4 Å². The van der Waals surface area contributed by atoms with Gasteiger partial charge in [-0.2, -0.15) is 0 Å². The van der Waals surface area contributed by atoms with Crippen LogP contribution in [0, 0.1) is 0 Å². The predicted octanol–water partition coefficient (Wildman–Crippen LogP) is 23.1. The van der Waals surface area contributed by atoms with Crippen LogP contribution in [0.15, 0.2) is 85.1 Å². The van der Waals surface area contributed by atoms with Crippen molar-refractivity contribution in [2.75, 3.05) is 13.2 Å². The van der Waals surface area contributed by atoms with E-state index in [4.69, 9.17) is 14.2 Å². The molecule has 1 unspecified atom stereocenters. The second kappa shape index (κ2) is 66.1. The van der Waals surface area contributed by atoms with Gasteiger partial charge >= 0.3 is 17.9 Å². The van der Waals surface area contributed by atoms with Gasteiger partial charge in [0.25, 0.3) is 0 Å². The Kier molecular flexibility index (Phi) is 63.2. The third kappa shape index (κ3) is 63.4. The molecular weight excluding hydrogens is 961 g/mol. The number of unbranched alkanes of at least 4 members (excludes halogenated alkanes) is 37. The van der Waals surface area contributed by atoms with Crippen molar-refractivity contribution in [1.82, 2.24) is 0 Å². The van der Waals surface area contributed by atoms with Crippen molar-refractivity contribution in [1.29, 1.82) is 0 Å². The molecule has 0 aliphatic heterocycles. The van der Waals surface area contributed by atoms with E-state index in [0.29, 0.717) is 12.8 Å². The summed E-state index contributed by atoms with van der Waals surface area (Å²) < 4.78 is 16.8. The molecule has 0 bridgehead atoms. The van der Waals surface area contributed by atoms with E-state index in [-0.39, 0.29) is 31.6 Å². The van der Waals surface area contributed by atoms with Crippen LogP contribution in [0.2, 0.25) is 0 Å². The Hall–Kier alpha value is -3.41. The fourth-order valence-corrected chi connectivity index (χ4v) is 9.63. The number of carbonyl (C=O) groups excluding carboxylic acids is 3. The van der Waals surface area contributed by atoms with Crippen molar-refractivity contribution in [2.45, 2.75) is 341 Å². The maximum absolute atomic E-state index is 12.8. The molecule has 0 amide bonds. The van der Waals surface area contributed by atoms with Gasteiger partial charge in [0, 0.05) is 12.8 Å². The standard InChI is InChI=1S/C72H126O6/c1-4-7-10-13-16-19-22-25-28-29-30-31-32-33-34-35-36-37-38-39-40-41-42-43-45-47-50-53-56-59-62-65-71(74)77-68-69(67-76-70(73)64-61-58-55-52-49-46-27-24-21-18-15-12-9-6-3)78-72(75)66-63-60-57-54-51-48-44-26-23-20-17-14-11-8-5-2/h8,11,17,20,24,26-27,29-30,44,51,54,60,63,69H,4-7,9-10,12-16,18-19,21-23,25,28,31-43,45-50,52-53,55-59,61-62,64-68H2,1-3H3/b11-8-,20-17-,27-24-,30-29-,44-26-,54-51-,63-60-. The Labute approximate surface area is 484 Å². The van der Waals surface area contributed by atoms with Crippen molar-refractivity contribution < 1.29 is 28.6 Å². The summed E-state index contributed by atoms with van der Waals surface area (Å²) in [5, 5.41) is 0. The number of ether oxygens (including phenoxy) is 3. The van der Waals surface area contributed by atoms with Gasteiger partial charge < -0.3 is 14.2 Å². The summed E-state index contributed by atoms with van der Waals surface area (Å²) >= 11 is 0. The van der Waals surface area contributed by atoms with Crippen molar-refractivity contribution in [3.63, 3.8) is 0 Å². The third-order valence-corrected chi connectivity index (χ3v) is 14.6. The number of carbonyl (C=O) groups is 3. The quantitative estimate of drug-likeness (QED) is 0.0261. The molecule has 0 rings (SSSR count). The predicted molar refractivity (Wildman–Crippen MR) is 339 cm³/mol. The first kappa shape index (κ1) is 74.6. The lowest BCUT2D eigenvalue weighted by molar-refractivity contribution is -0.166. The van der Waals surface area contributed by atoms with E-state index in [1.807, 2.05) is 6.08 Å². The summed E-state index contributed by atoms with van der Waals surface area (Å²) in [6, 6.07) is 0. The summed E-state index contributed by atoms with van der Waals surface area (Å²) in [4.78, 5) is 38.2. The Morgan fingerprint density at radius 2 is 0.538 bits per heavy atom. The molecule has 0 N–H and O–H groups in total. The highest BCUT2D eigenvalue weighted by molar-refractivity contribution is 5.72. The summed E-state index contributed by atoms with van der Waals surface area (Å²) in [5.41, 5.74) is 0. The minimum absolute atomic E-state index is 0.0965. The molecule has 0 aliphatic carbocycles. The Bertz CT molecular complexity index is 1480. The van der Waals surface area contributed by atoms with E-state index in [1.54, 1.807) is 6.08 Å². The molecule has 0 aromatic carbocycles. The highest BCUT2D eigenvalue weighted by Gasteiger charge is 2.19. The van der Waals surface area contributed by atoms with Gasteiger partial charge in [-0.1, -0.05) is 305 Å². The van der Waals surface area contributed by atoms with Gasteiger partial charge in [0.1, 0.15) is 13.2 Å². The van der Waals surface area contributed by atoms with E-state index >= 15 is 0 Å². The minimum Gasteiger partial charge on any atom is -0.462 e. The first-order valence-electron chi connectivity index (χ1n) is 33.6. The first-order valence-corrected chi connectivity index (χ1v) is 33.6. The molecular formula is C72H126O6. The van der Waals surface area contributed by atoms with Crippen LogP contribution in [0.25, 0.3) is 0 Å². The number of rotatable bonds is 61. The Morgan fingerprint density at radius 3 is 0.833 bits per heavy atom. The summed E-state index contributed by atoms with van der Waals surface area (Å²) in [7, 11) is 0. The highest BCUT2D eigenvalue weighted by atomic mass is 16.6. The monoisotopic (exact) mass is 1090 g/mol. The lowest BCUT2D eigenvalue weighted by Crippen LogP contribution is -2.30. The maximum atomic E-state index is 12.8. The topological polar surface area (TPSA) is 78.9 Å². The molecule has 0 aliphatic rings. The molecule has 450 valence electrons. The lowest BCUT2D eigenvalue weighted by atomic mass is 10.0. The summed E-state index contributed by atoms with van der Waals surface area (Å²) in [6.07, 6.45) is 87.9. The summed E-state index contributed by atoms with van der Waals surface area (Å²) in [5.74, 6) is -1.04. The number of hydrogen-bond acceptors (Lipinski definition) is 6. The van der Waals surface area contributed by atoms with Crippen molar-refractivity contribution in [3.8, 4) is 0 Å². The minimum atomic E-state index is -0.834. The van der Waals surface area contributed by atoms with Crippen LogP contribution in [-0.2, 0) is 28.6 Å². The zero-order chi connectivity index (χ0) is 56.4. The molecule has 0 saturated carbocycles. The summed E-state index contributed by atoms with van der Waals surface area (Å²) in [6.45, 7) is 6.46. The van der Waals surface area contributed by atoms with Crippen molar-refractivity contribution >= 4 is 17.9 Å². The fraction of sp³-hybridized carbons (Fsp3) is 0.764. The molecule has 0 aromatic heterocycles. The smallest absolute Gasteiger partial charge is 0.310 e. The van der Waals surface area contributed by atoms with Gasteiger partial charge in [0.05, 0.1) is 6.42 Å². The highest BCUT2D eigenvalue weighted by Crippen LogP contribution is 2.17. The van der Waals surface area contributed by atoms with Crippen LogP contribution in [-0.4, -0.2) is 37.2 Å². The third-order valence-electron chi connectivity index (χ3n) is 14.6. The van der Waals surface area contributed by atoms with E-state index in [0.717, 1.165) is 83.5 Å². The molecule has 0 saturated heterocycles. The van der Waals surface area contributed by atoms with Gasteiger partial charge in [0.2, 0.25) is 0 Å². The fourth-order valence-electron chi connectivity index (χ4n) is 9.63. The Balaban J connectivity index is 4.22. The molecule has 0 heterocycles. The molecule has 6 nitrogen and oxygen atoms in total. The zero-order valence-corrected chi connectivity index (χ0v) is 51.7.